The van der Waals surface area contributed by atoms with E-state index in [0.717, 1.165) is 30.3 Å². The third-order valence-corrected chi connectivity index (χ3v) is 5.23. The number of aromatic nitrogens is 1. The Hall–Kier alpha value is -5.14. The summed E-state index contributed by atoms with van der Waals surface area (Å²) in [6, 6.07) is 9.38. The van der Waals surface area contributed by atoms with Crippen LogP contribution in [-0.2, 0) is 25.7 Å². The Labute approximate surface area is 225 Å². The molecule has 0 aliphatic rings. The van der Waals surface area contributed by atoms with Gasteiger partial charge in [0, 0.05) is 11.1 Å². The molecule has 0 saturated carbocycles. The first-order valence-corrected chi connectivity index (χ1v) is 11.6. The number of benzene rings is 2. The molecule has 0 bridgehead atoms. The number of rotatable bonds is 11. The second-order valence-electron chi connectivity index (χ2n) is 8.05. The van der Waals surface area contributed by atoms with E-state index < -0.39 is 47.2 Å². The van der Waals surface area contributed by atoms with Crippen molar-refractivity contribution in [1.82, 2.24) is 10.3 Å². The number of nitrogens with one attached hydrogen (secondary N) is 1. The van der Waals surface area contributed by atoms with Gasteiger partial charge in [0.25, 0.3) is 0 Å². The predicted octanol–water partition coefficient (Wildman–Crippen LogP) is 4.02. The first-order valence-electron chi connectivity index (χ1n) is 11.6. The van der Waals surface area contributed by atoms with Gasteiger partial charge in [-0.3, -0.25) is 9.59 Å². The number of urea groups is 1. The molecule has 3 aromatic rings. The van der Waals surface area contributed by atoms with E-state index in [1.807, 2.05) is 0 Å². The van der Waals surface area contributed by atoms with Crippen LogP contribution in [0.15, 0.2) is 54.6 Å². The smallest absolute Gasteiger partial charge is 0.407 e. The number of amides is 3. The molecule has 14 heteroatoms. The Bertz CT molecular complexity index is 1380. The van der Waals surface area contributed by atoms with Crippen molar-refractivity contribution in [3.05, 3.63) is 77.6 Å². The molecule has 2 aromatic carbocycles. The van der Waals surface area contributed by atoms with Gasteiger partial charge in [0.05, 0.1) is 25.1 Å². The molecule has 0 fully saturated rings. The van der Waals surface area contributed by atoms with Gasteiger partial charge in [0.2, 0.25) is 0 Å². The van der Waals surface area contributed by atoms with E-state index in [1.54, 1.807) is 0 Å². The van der Waals surface area contributed by atoms with E-state index in [0.29, 0.717) is 10.5 Å². The molecule has 0 radical (unpaired) electrons. The molecule has 0 unspecified atom stereocenters. The van der Waals surface area contributed by atoms with Gasteiger partial charge in [-0.2, -0.15) is 0 Å². The van der Waals surface area contributed by atoms with Crippen molar-refractivity contribution in [3.8, 4) is 11.3 Å². The quantitative estimate of drug-likeness (QED) is 0.234. The molecular weight excluding hydrogens is 537 g/mol. The maximum atomic E-state index is 14.5. The number of carboxylic acid groups (broad SMARTS) is 1. The molecule has 11 nitrogen and oxygen atoms in total. The number of nitrogens with zero attached hydrogens (tertiary/aromatic N) is 2. The van der Waals surface area contributed by atoms with Crippen LogP contribution >= 0.6 is 0 Å². The second kappa shape index (κ2) is 13.6. The molecule has 3 rings (SSSR count). The van der Waals surface area contributed by atoms with Crippen molar-refractivity contribution in [3.63, 3.8) is 0 Å². The number of carbonyl (C=O) groups is 4. The largest absolute Gasteiger partial charge is 0.481 e. The molecule has 3 amide bonds. The molecule has 1 aromatic heterocycles. The number of halogens is 3. The number of pyridine rings is 1. The van der Waals surface area contributed by atoms with E-state index >= 15 is 0 Å². The zero-order chi connectivity index (χ0) is 29.2. The minimum absolute atomic E-state index is 0.0978. The van der Waals surface area contributed by atoms with Crippen LogP contribution in [0.3, 0.4) is 0 Å². The van der Waals surface area contributed by atoms with Crippen LogP contribution < -0.4 is 16.0 Å². The summed E-state index contributed by atoms with van der Waals surface area (Å²) in [4.78, 5) is 51.1. The van der Waals surface area contributed by atoms with Crippen LogP contribution in [0.5, 0.6) is 0 Å². The standard InChI is InChI=1S/C26H23F3N4O7/c27-17-7-4-15(5-8-17)23-16(14-40-26(38)31-12-13-39-22(36)11-10-21(34)35)6-9-20(32-23)33(25(30)37)24-18(28)2-1-3-19(24)29/h1-9H,10-14H2,(H2,30,37)(H,31,38)(H,34,35). The lowest BCUT2D eigenvalue weighted by atomic mass is 10.1. The SMILES string of the molecule is NC(=O)N(c1ccc(COC(=O)NCCOC(=O)CCC(=O)O)c(-c2ccc(F)cc2)n1)c1c(F)cccc1F. The topological polar surface area (TPSA) is 161 Å². The average Bonchev–Trinajstić information content (AvgIpc) is 2.91. The first-order chi connectivity index (χ1) is 19.1. The minimum atomic E-state index is -1.23. The highest BCUT2D eigenvalue weighted by molar-refractivity contribution is 5.98. The predicted molar refractivity (Wildman–Crippen MR) is 134 cm³/mol. The fourth-order valence-corrected chi connectivity index (χ4v) is 3.41. The number of para-hydroxylation sites is 1. The summed E-state index contributed by atoms with van der Waals surface area (Å²) in [6.45, 7) is -0.712. The number of nitrogens with two attached hydrogens (primary N) is 1. The van der Waals surface area contributed by atoms with E-state index in [1.165, 1.54) is 24.3 Å². The number of carbonyl (C=O) groups excluding carboxylic acids is 3. The second-order valence-corrected chi connectivity index (χ2v) is 8.05. The van der Waals surface area contributed by atoms with Gasteiger partial charge in [-0.05, 0) is 48.5 Å². The van der Waals surface area contributed by atoms with Crippen molar-refractivity contribution in [1.29, 1.82) is 0 Å². The molecule has 1 heterocycles. The fourth-order valence-electron chi connectivity index (χ4n) is 3.41. The fraction of sp³-hybridized carbons (Fsp3) is 0.192. The zero-order valence-corrected chi connectivity index (χ0v) is 20.7. The number of hydrogen-bond acceptors (Lipinski definition) is 7. The molecule has 0 atom stereocenters. The molecule has 0 saturated heterocycles. The van der Waals surface area contributed by atoms with Crippen LogP contribution in [-0.4, -0.2) is 47.3 Å². The van der Waals surface area contributed by atoms with Gasteiger partial charge in [-0.25, -0.2) is 32.6 Å². The molecule has 40 heavy (non-hydrogen) atoms. The highest BCUT2D eigenvalue weighted by atomic mass is 19.1. The van der Waals surface area contributed by atoms with Crippen LogP contribution in [0.2, 0.25) is 0 Å². The highest BCUT2D eigenvalue weighted by Gasteiger charge is 2.25. The van der Waals surface area contributed by atoms with Gasteiger partial charge in [0.15, 0.2) is 0 Å². The Morgan fingerprint density at radius 2 is 1.60 bits per heavy atom. The number of aliphatic carboxylic acids is 1. The Morgan fingerprint density at radius 1 is 0.925 bits per heavy atom. The van der Waals surface area contributed by atoms with Gasteiger partial charge in [-0.1, -0.05) is 6.07 Å². The number of esters is 1. The maximum absolute atomic E-state index is 14.5. The number of ether oxygens (including phenoxy) is 2. The Balaban J connectivity index is 1.78. The summed E-state index contributed by atoms with van der Waals surface area (Å²) in [5.41, 5.74) is 5.38. The molecular formula is C26H23F3N4O7. The van der Waals surface area contributed by atoms with Gasteiger partial charge in [-0.15, -0.1) is 0 Å². The van der Waals surface area contributed by atoms with Crippen LogP contribution in [0.25, 0.3) is 11.3 Å². The number of primary amides is 1. The van der Waals surface area contributed by atoms with Gasteiger partial charge in [0.1, 0.15) is 42.2 Å². The maximum Gasteiger partial charge on any atom is 0.407 e. The van der Waals surface area contributed by atoms with E-state index in [2.05, 4.69) is 10.3 Å². The molecule has 4 N–H and O–H groups in total. The Kier molecular flexibility index (Phi) is 10.00. The van der Waals surface area contributed by atoms with Crippen molar-refractivity contribution >= 4 is 35.6 Å². The summed E-state index contributed by atoms with van der Waals surface area (Å²) in [5, 5.41) is 10.9. The number of anilines is 2. The summed E-state index contributed by atoms with van der Waals surface area (Å²) < 4.78 is 52.4. The Morgan fingerprint density at radius 3 is 2.23 bits per heavy atom. The van der Waals surface area contributed by atoms with Crippen molar-refractivity contribution in [2.24, 2.45) is 5.73 Å². The zero-order valence-electron chi connectivity index (χ0n) is 20.7. The summed E-state index contributed by atoms with van der Waals surface area (Å²) in [7, 11) is 0. The molecule has 0 aliphatic heterocycles. The van der Waals surface area contributed by atoms with Gasteiger partial charge < -0.3 is 25.6 Å². The first kappa shape index (κ1) is 29.4. The summed E-state index contributed by atoms with van der Waals surface area (Å²) >= 11 is 0. The number of carboxylic acids is 1. The van der Waals surface area contributed by atoms with Crippen molar-refractivity contribution < 1.29 is 46.9 Å². The van der Waals surface area contributed by atoms with E-state index in [9.17, 15) is 32.3 Å². The van der Waals surface area contributed by atoms with Crippen LogP contribution in [0, 0.1) is 17.5 Å². The highest BCUT2D eigenvalue weighted by Crippen LogP contribution is 2.32. The third kappa shape index (κ3) is 7.93. The number of hydrogen-bond donors (Lipinski definition) is 3. The van der Waals surface area contributed by atoms with Crippen LogP contribution in [0.1, 0.15) is 18.4 Å². The van der Waals surface area contributed by atoms with E-state index in [-0.39, 0.29) is 49.7 Å². The molecule has 210 valence electrons. The van der Waals surface area contributed by atoms with Crippen LogP contribution in [0.4, 0.5) is 34.3 Å². The lowest BCUT2D eigenvalue weighted by Crippen LogP contribution is -2.33. The lowest BCUT2D eigenvalue weighted by Gasteiger charge is -2.22. The third-order valence-electron chi connectivity index (χ3n) is 5.23. The average molecular weight is 560 g/mol. The van der Waals surface area contributed by atoms with E-state index in [4.69, 9.17) is 20.3 Å². The summed E-state index contributed by atoms with van der Waals surface area (Å²) in [5.74, 6) is -4.83. The van der Waals surface area contributed by atoms with Crippen molar-refractivity contribution in [2.45, 2.75) is 19.4 Å². The van der Waals surface area contributed by atoms with Crippen molar-refractivity contribution in [2.75, 3.05) is 18.1 Å². The normalized spacial score (nSPS) is 10.5. The number of alkyl carbamates (subject to hydrolysis) is 1. The summed E-state index contributed by atoms with van der Waals surface area (Å²) in [6.07, 6.45) is -1.60. The van der Waals surface area contributed by atoms with Gasteiger partial charge >= 0.3 is 24.1 Å². The molecule has 0 aliphatic carbocycles. The molecule has 0 spiro atoms. The lowest BCUT2D eigenvalue weighted by molar-refractivity contribution is -0.147. The monoisotopic (exact) mass is 560 g/mol. The minimum Gasteiger partial charge on any atom is -0.481 e.